The minimum absolute atomic E-state index is 0.199. The molecule has 1 aliphatic carbocycles. The fourth-order valence-corrected chi connectivity index (χ4v) is 5.36. The number of rotatable bonds is 4. The van der Waals surface area contributed by atoms with Gasteiger partial charge in [-0.3, -0.25) is 9.36 Å². The number of imidazole rings is 1. The quantitative estimate of drug-likeness (QED) is 0.781. The van der Waals surface area contributed by atoms with Crippen LogP contribution in [0, 0.1) is 11.5 Å². The van der Waals surface area contributed by atoms with Gasteiger partial charge in [-0.15, -0.1) is 4.99 Å². The lowest BCUT2D eigenvalue weighted by Crippen LogP contribution is -2.43. The Kier molecular flexibility index (Phi) is 6.53. The number of hydrogen-bond acceptors (Lipinski definition) is 4. The van der Waals surface area contributed by atoms with Gasteiger partial charge in [0.15, 0.2) is 0 Å². The maximum absolute atomic E-state index is 11.5. The fraction of sp³-hybridized carbons (Fsp3) is 0.609. The van der Waals surface area contributed by atoms with Crippen LogP contribution in [-0.2, 0) is 11.3 Å². The molecule has 0 atom stereocenters. The van der Waals surface area contributed by atoms with Gasteiger partial charge in [-0.05, 0) is 37.8 Å². The van der Waals surface area contributed by atoms with Crippen molar-refractivity contribution in [3.63, 3.8) is 0 Å². The first-order valence-electron chi connectivity index (χ1n) is 11.3. The van der Waals surface area contributed by atoms with Gasteiger partial charge in [0, 0.05) is 25.2 Å². The third-order valence-corrected chi connectivity index (χ3v) is 6.79. The standard InChI is InChI=1S/C23H31N5O2/c24-17-25-23-27(16-22(29)30)20-10-6-7-11-21(20)28(23)19-12-14-26(15-13-19)18-8-4-2-1-3-5-9-18/h6-7,10-11,18-19H,1-5,8-9,12-16H2,(H,29,30)/b25-23+. The smallest absolute Gasteiger partial charge is 0.323 e. The molecule has 1 saturated heterocycles. The molecular formula is C23H31N5O2. The van der Waals surface area contributed by atoms with Gasteiger partial charge < -0.3 is 14.6 Å². The van der Waals surface area contributed by atoms with Crippen molar-refractivity contribution in [2.45, 2.75) is 76.4 Å². The zero-order chi connectivity index (χ0) is 20.9. The van der Waals surface area contributed by atoms with E-state index < -0.39 is 5.97 Å². The highest BCUT2D eigenvalue weighted by Crippen LogP contribution is 2.30. The lowest BCUT2D eigenvalue weighted by molar-refractivity contribution is -0.137. The van der Waals surface area contributed by atoms with Crippen LogP contribution in [0.15, 0.2) is 29.3 Å². The summed E-state index contributed by atoms with van der Waals surface area (Å²) in [5, 5.41) is 18.7. The van der Waals surface area contributed by atoms with E-state index in [4.69, 9.17) is 0 Å². The topological polar surface area (TPSA) is 86.5 Å². The van der Waals surface area contributed by atoms with E-state index in [0.29, 0.717) is 11.7 Å². The van der Waals surface area contributed by atoms with Crippen LogP contribution in [0.2, 0.25) is 0 Å². The zero-order valence-corrected chi connectivity index (χ0v) is 17.5. The van der Waals surface area contributed by atoms with Crippen LogP contribution in [0.3, 0.4) is 0 Å². The van der Waals surface area contributed by atoms with Crippen molar-refractivity contribution in [3.05, 3.63) is 29.9 Å². The molecule has 4 rings (SSSR count). The van der Waals surface area contributed by atoms with Crippen LogP contribution in [0.4, 0.5) is 0 Å². The number of carboxylic acid groups (broad SMARTS) is 1. The van der Waals surface area contributed by atoms with E-state index in [0.717, 1.165) is 37.0 Å². The number of carboxylic acids is 1. The highest BCUT2D eigenvalue weighted by atomic mass is 16.4. The van der Waals surface area contributed by atoms with Gasteiger partial charge >= 0.3 is 5.97 Å². The average molecular weight is 410 g/mol. The number of nitrogens with zero attached hydrogens (tertiary/aromatic N) is 5. The van der Waals surface area contributed by atoms with Gasteiger partial charge in [0.1, 0.15) is 6.54 Å². The third kappa shape index (κ3) is 4.29. The molecule has 7 heteroatoms. The van der Waals surface area contributed by atoms with Crippen molar-refractivity contribution in [1.29, 1.82) is 5.26 Å². The van der Waals surface area contributed by atoms with Gasteiger partial charge in [0.2, 0.25) is 11.8 Å². The molecule has 1 aliphatic heterocycles. The summed E-state index contributed by atoms with van der Waals surface area (Å²) in [6, 6.07) is 8.71. The lowest BCUT2D eigenvalue weighted by atomic mass is 9.93. The Morgan fingerprint density at radius 2 is 1.63 bits per heavy atom. The second kappa shape index (κ2) is 9.48. The molecule has 7 nitrogen and oxygen atoms in total. The summed E-state index contributed by atoms with van der Waals surface area (Å²) >= 11 is 0. The Hall–Kier alpha value is -2.59. The Morgan fingerprint density at radius 1 is 1.00 bits per heavy atom. The number of piperidine rings is 1. The predicted octanol–water partition coefficient (Wildman–Crippen LogP) is 3.66. The maximum atomic E-state index is 11.5. The van der Waals surface area contributed by atoms with Crippen molar-refractivity contribution < 1.29 is 9.90 Å². The molecule has 0 spiro atoms. The first-order valence-corrected chi connectivity index (χ1v) is 11.3. The Labute approximate surface area is 177 Å². The van der Waals surface area contributed by atoms with E-state index in [-0.39, 0.29) is 12.6 Å². The number of likely N-dealkylation sites (tertiary alicyclic amines) is 1. The number of fused-ring (bicyclic) bond motifs is 1. The summed E-state index contributed by atoms with van der Waals surface area (Å²) in [5.41, 5.74) is 2.22. The van der Waals surface area contributed by atoms with Crippen LogP contribution in [-0.4, -0.2) is 44.2 Å². The van der Waals surface area contributed by atoms with Crippen LogP contribution < -0.4 is 5.62 Å². The molecule has 2 fully saturated rings. The molecule has 0 unspecified atom stereocenters. The number of aromatic nitrogens is 2. The number of hydrogen-bond donors (Lipinski definition) is 1. The number of carbonyl (C=O) groups is 1. The summed E-state index contributed by atoms with van der Waals surface area (Å²) in [6.45, 7) is 1.90. The minimum atomic E-state index is -0.934. The Morgan fingerprint density at radius 3 is 2.27 bits per heavy atom. The van der Waals surface area contributed by atoms with E-state index >= 15 is 0 Å². The van der Waals surface area contributed by atoms with Crippen molar-refractivity contribution in [2.24, 2.45) is 4.99 Å². The first kappa shape index (κ1) is 20.7. The molecule has 160 valence electrons. The molecular weight excluding hydrogens is 378 g/mol. The summed E-state index contributed by atoms with van der Waals surface area (Å²) in [7, 11) is 0. The van der Waals surface area contributed by atoms with Gasteiger partial charge in [-0.25, -0.2) is 0 Å². The first-order chi connectivity index (χ1) is 14.7. The third-order valence-electron chi connectivity index (χ3n) is 6.79. The lowest BCUT2D eigenvalue weighted by Gasteiger charge is -2.39. The summed E-state index contributed by atoms with van der Waals surface area (Å²) < 4.78 is 3.76. The molecule has 1 aromatic heterocycles. The number of nitriles is 1. The molecule has 2 heterocycles. The molecule has 2 aliphatic rings. The number of para-hydroxylation sites is 2. The second-order valence-corrected chi connectivity index (χ2v) is 8.62. The normalized spacial score (nSPS) is 20.7. The van der Waals surface area contributed by atoms with Crippen LogP contribution in [0.1, 0.15) is 63.8 Å². The van der Waals surface area contributed by atoms with Crippen molar-refractivity contribution in [1.82, 2.24) is 14.0 Å². The van der Waals surface area contributed by atoms with Crippen LogP contribution >= 0.6 is 0 Å². The molecule has 1 saturated carbocycles. The van der Waals surface area contributed by atoms with Crippen molar-refractivity contribution >= 4 is 17.0 Å². The molecule has 1 aromatic carbocycles. The maximum Gasteiger partial charge on any atom is 0.323 e. The molecule has 0 radical (unpaired) electrons. The molecule has 2 aromatic rings. The van der Waals surface area contributed by atoms with Crippen molar-refractivity contribution in [2.75, 3.05) is 13.1 Å². The van der Waals surface area contributed by atoms with Crippen LogP contribution in [0.5, 0.6) is 0 Å². The summed E-state index contributed by atoms with van der Waals surface area (Å²) in [4.78, 5) is 18.2. The second-order valence-electron chi connectivity index (χ2n) is 8.62. The largest absolute Gasteiger partial charge is 0.480 e. The van der Waals surface area contributed by atoms with E-state index in [1.54, 1.807) is 4.57 Å². The monoisotopic (exact) mass is 409 g/mol. The van der Waals surface area contributed by atoms with Gasteiger partial charge in [-0.1, -0.05) is 44.2 Å². The van der Waals surface area contributed by atoms with E-state index in [2.05, 4.69) is 14.5 Å². The highest BCUT2D eigenvalue weighted by molar-refractivity contribution is 5.78. The van der Waals surface area contributed by atoms with E-state index in [1.807, 2.05) is 30.5 Å². The predicted molar refractivity (Wildman–Crippen MR) is 115 cm³/mol. The van der Waals surface area contributed by atoms with Gasteiger partial charge in [0.05, 0.1) is 11.0 Å². The van der Waals surface area contributed by atoms with Crippen molar-refractivity contribution in [3.8, 4) is 6.19 Å². The molecule has 0 bridgehead atoms. The Balaban J connectivity index is 1.61. The van der Waals surface area contributed by atoms with E-state index in [1.165, 1.54) is 44.9 Å². The van der Waals surface area contributed by atoms with Crippen LogP contribution in [0.25, 0.3) is 11.0 Å². The molecule has 1 N–H and O–H groups in total. The average Bonchev–Trinajstić information content (AvgIpc) is 3.01. The van der Waals surface area contributed by atoms with Gasteiger partial charge in [-0.2, -0.15) is 5.26 Å². The fourth-order valence-electron chi connectivity index (χ4n) is 5.36. The molecule has 30 heavy (non-hydrogen) atoms. The number of benzene rings is 1. The van der Waals surface area contributed by atoms with Gasteiger partial charge in [0.25, 0.3) is 0 Å². The molecule has 0 amide bonds. The number of aliphatic carboxylic acids is 1. The Bertz CT molecular complexity index is 983. The SMILES string of the molecule is N#C/N=c1\n(CC(=O)O)c2ccccc2n1C1CCN(C2CCCCCCC2)CC1. The minimum Gasteiger partial charge on any atom is -0.480 e. The zero-order valence-electron chi connectivity index (χ0n) is 17.5. The summed E-state index contributed by atoms with van der Waals surface area (Å²) in [5.74, 6) is -0.934. The van der Waals surface area contributed by atoms with E-state index in [9.17, 15) is 15.2 Å². The summed E-state index contributed by atoms with van der Waals surface area (Å²) in [6.07, 6.45) is 13.3. The highest BCUT2D eigenvalue weighted by Gasteiger charge is 2.28.